The van der Waals surface area contributed by atoms with Gasteiger partial charge in [-0.15, -0.1) is 0 Å². The van der Waals surface area contributed by atoms with E-state index in [1.54, 1.807) is 6.08 Å². The molecule has 0 saturated heterocycles. The normalized spacial score (nSPS) is 7.22. The summed E-state index contributed by atoms with van der Waals surface area (Å²) in [5.41, 5.74) is 1.02. The number of carboxylic acids is 1. The minimum Gasteiger partial charge on any atom is -0.478 e. The average Bonchev–Trinajstić information content (AvgIpc) is 2.37. The molecule has 0 fully saturated rings. The van der Waals surface area contributed by atoms with Crippen molar-refractivity contribution < 1.29 is 19.4 Å². The van der Waals surface area contributed by atoms with Crippen molar-refractivity contribution in [3.05, 3.63) is 50.1 Å². The van der Waals surface area contributed by atoms with Crippen molar-refractivity contribution in [2.24, 2.45) is 0 Å². The number of allylic oxidation sites excluding steroid dienone is 2. The summed E-state index contributed by atoms with van der Waals surface area (Å²) in [6, 6.07) is 0. The third-order valence-electron chi connectivity index (χ3n) is 1.14. The monoisotopic (exact) mass is 254 g/mol. The zero-order valence-corrected chi connectivity index (χ0v) is 11.1. The van der Waals surface area contributed by atoms with Crippen LogP contribution in [0.4, 0.5) is 0 Å². The molecule has 0 rings (SSSR count). The molecule has 0 aliphatic carbocycles. The van der Waals surface area contributed by atoms with Crippen molar-refractivity contribution in [3.8, 4) is 0 Å². The van der Waals surface area contributed by atoms with E-state index in [2.05, 4.69) is 31.1 Å². The molecular weight excluding hydrogens is 232 g/mol. The molecule has 0 aliphatic heterocycles. The molecule has 18 heavy (non-hydrogen) atoms. The fourth-order valence-electron chi connectivity index (χ4n) is 0.262. The second-order valence-corrected chi connectivity index (χ2v) is 2.96. The molecule has 0 heterocycles. The molecule has 4 heteroatoms. The van der Waals surface area contributed by atoms with Crippen LogP contribution in [0.5, 0.6) is 0 Å². The van der Waals surface area contributed by atoms with Crippen molar-refractivity contribution in [2.45, 2.75) is 20.3 Å². The van der Waals surface area contributed by atoms with Gasteiger partial charge in [-0.1, -0.05) is 44.9 Å². The van der Waals surface area contributed by atoms with Crippen LogP contribution in [0.25, 0.3) is 0 Å². The topological polar surface area (TPSA) is 63.6 Å². The van der Waals surface area contributed by atoms with E-state index >= 15 is 0 Å². The number of carboxylic acid groups (broad SMARTS) is 1. The summed E-state index contributed by atoms with van der Waals surface area (Å²) < 4.78 is 4.58. The first kappa shape index (κ1) is 21.2. The van der Waals surface area contributed by atoms with Crippen LogP contribution < -0.4 is 0 Å². The van der Waals surface area contributed by atoms with Gasteiger partial charge in [0.15, 0.2) is 0 Å². The zero-order valence-electron chi connectivity index (χ0n) is 11.1. The van der Waals surface area contributed by atoms with Gasteiger partial charge in [-0.25, -0.2) is 9.59 Å². The number of rotatable bonds is 5. The lowest BCUT2D eigenvalue weighted by Gasteiger charge is -1.94. The van der Waals surface area contributed by atoms with Gasteiger partial charge in [0.2, 0.25) is 0 Å². The smallest absolute Gasteiger partial charge is 0.330 e. The van der Waals surface area contributed by atoms with Crippen LogP contribution in [0.1, 0.15) is 20.3 Å². The van der Waals surface area contributed by atoms with Gasteiger partial charge < -0.3 is 9.84 Å². The number of ether oxygens (including phenoxy) is 1. The summed E-state index contributed by atoms with van der Waals surface area (Å²) in [6.07, 6.45) is 4.58. The lowest BCUT2D eigenvalue weighted by Crippen LogP contribution is -1.99. The minimum atomic E-state index is -0.981. The first-order valence-electron chi connectivity index (χ1n) is 5.28. The summed E-state index contributed by atoms with van der Waals surface area (Å²) in [6.45, 7) is 17.6. The highest BCUT2D eigenvalue weighted by Crippen LogP contribution is 1.81. The highest BCUT2D eigenvalue weighted by Gasteiger charge is 1.89. The molecule has 0 spiro atoms. The minimum absolute atomic E-state index is 0.341. The van der Waals surface area contributed by atoms with Crippen molar-refractivity contribution in [3.63, 3.8) is 0 Å². The summed E-state index contributed by atoms with van der Waals surface area (Å²) in [5.74, 6) is -1.32. The summed E-state index contributed by atoms with van der Waals surface area (Å²) in [7, 11) is 0. The molecular formula is C14H22O4. The lowest BCUT2D eigenvalue weighted by atomic mass is 10.4. The summed E-state index contributed by atoms with van der Waals surface area (Å²) in [5, 5.41) is 7.60. The maximum atomic E-state index is 10.2. The van der Waals surface area contributed by atoms with Crippen LogP contribution in [0.3, 0.4) is 0 Å². The van der Waals surface area contributed by atoms with E-state index in [0.29, 0.717) is 6.61 Å². The third kappa shape index (κ3) is 37.1. The van der Waals surface area contributed by atoms with E-state index in [0.717, 1.165) is 24.1 Å². The van der Waals surface area contributed by atoms with Gasteiger partial charge >= 0.3 is 11.9 Å². The molecule has 0 bridgehead atoms. The SMILES string of the molecule is C=CC(=C)C.C=CC(=O)O.C=CC(=O)OCCC. The molecule has 4 nitrogen and oxygen atoms in total. The molecule has 0 aliphatic rings. The predicted octanol–water partition coefficient (Wildman–Crippen LogP) is 3.13. The third-order valence-corrected chi connectivity index (χ3v) is 1.14. The predicted molar refractivity (Wildman–Crippen MR) is 74.3 cm³/mol. The average molecular weight is 254 g/mol. The molecule has 0 amide bonds. The Labute approximate surface area is 109 Å². The second-order valence-electron chi connectivity index (χ2n) is 2.96. The van der Waals surface area contributed by atoms with Crippen LogP contribution in [0.15, 0.2) is 50.1 Å². The standard InChI is InChI=1S/C6H10O2.C5H8.C3H4O2/c1-3-5-8-6(7)4-2;1-4-5(2)3;1-2-3(4)5/h4H,2-3,5H2,1H3;4H,1-2H2,3H3;2H,1H2,(H,4,5). The quantitative estimate of drug-likeness (QED) is 0.465. The number of esters is 1. The van der Waals surface area contributed by atoms with Crippen molar-refractivity contribution in [1.82, 2.24) is 0 Å². The molecule has 102 valence electrons. The van der Waals surface area contributed by atoms with Crippen LogP contribution in [-0.4, -0.2) is 23.7 Å². The zero-order chi connectivity index (χ0) is 15.0. The lowest BCUT2D eigenvalue weighted by molar-refractivity contribution is -0.137. The first-order valence-corrected chi connectivity index (χ1v) is 5.28. The Kier molecular flexibility index (Phi) is 20.4. The molecule has 0 atom stereocenters. The van der Waals surface area contributed by atoms with Crippen LogP contribution >= 0.6 is 0 Å². The second kappa shape index (κ2) is 17.3. The Morgan fingerprint density at radius 1 is 1.17 bits per heavy atom. The Hall–Kier alpha value is -2.10. The molecule has 1 N–H and O–H groups in total. The number of carbonyl (C=O) groups excluding carboxylic acids is 1. The van der Waals surface area contributed by atoms with Gasteiger partial charge in [0, 0.05) is 12.2 Å². The van der Waals surface area contributed by atoms with Gasteiger partial charge in [0.1, 0.15) is 0 Å². The Morgan fingerprint density at radius 2 is 1.56 bits per heavy atom. The van der Waals surface area contributed by atoms with Gasteiger partial charge in [-0.05, 0) is 13.3 Å². The van der Waals surface area contributed by atoms with E-state index < -0.39 is 5.97 Å². The largest absolute Gasteiger partial charge is 0.478 e. The van der Waals surface area contributed by atoms with Gasteiger partial charge in [-0.3, -0.25) is 0 Å². The van der Waals surface area contributed by atoms with Crippen molar-refractivity contribution in [1.29, 1.82) is 0 Å². The van der Waals surface area contributed by atoms with E-state index in [-0.39, 0.29) is 5.97 Å². The van der Waals surface area contributed by atoms with Crippen molar-refractivity contribution in [2.75, 3.05) is 6.61 Å². The van der Waals surface area contributed by atoms with Crippen LogP contribution in [0, 0.1) is 0 Å². The number of hydrogen-bond acceptors (Lipinski definition) is 3. The van der Waals surface area contributed by atoms with Crippen LogP contribution in [0.2, 0.25) is 0 Å². The van der Waals surface area contributed by atoms with E-state index in [1.807, 2.05) is 13.8 Å². The Morgan fingerprint density at radius 3 is 1.72 bits per heavy atom. The van der Waals surface area contributed by atoms with Crippen LogP contribution in [-0.2, 0) is 14.3 Å². The number of hydrogen-bond donors (Lipinski definition) is 1. The van der Waals surface area contributed by atoms with Crippen molar-refractivity contribution >= 4 is 11.9 Å². The van der Waals surface area contributed by atoms with Gasteiger partial charge in [0.05, 0.1) is 6.61 Å². The Bertz CT molecular complexity index is 272. The molecule has 0 aromatic carbocycles. The molecule has 0 radical (unpaired) electrons. The molecule has 0 aromatic heterocycles. The summed E-state index contributed by atoms with van der Waals surface area (Å²) in [4.78, 5) is 19.5. The maximum absolute atomic E-state index is 10.2. The number of aliphatic carboxylic acids is 1. The fraction of sp³-hybridized carbons (Fsp3) is 0.286. The first-order chi connectivity index (χ1) is 8.35. The molecule has 0 unspecified atom stereocenters. The Balaban J connectivity index is -0.000000197. The fourth-order valence-corrected chi connectivity index (χ4v) is 0.262. The molecule has 0 saturated carbocycles. The van der Waals surface area contributed by atoms with E-state index in [4.69, 9.17) is 5.11 Å². The number of carbonyl (C=O) groups is 2. The van der Waals surface area contributed by atoms with E-state index in [1.165, 1.54) is 0 Å². The maximum Gasteiger partial charge on any atom is 0.330 e. The van der Waals surface area contributed by atoms with E-state index in [9.17, 15) is 9.59 Å². The molecule has 0 aromatic rings. The highest BCUT2D eigenvalue weighted by atomic mass is 16.5. The summed E-state index contributed by atoms with van der Waals surface area (Å²) >= 11 is 0. The highest BCUT2D eigenvalue weighted by molar-refractivity contribution is 5.81. The van der Waals surface area contributed by atoms with Gasteiger partial charge in [-0.2, -0.15) is 0 Å². The van der Waals surface area contributed by atoms with Gasteiger partial charge in [0.25, 0.3) is 0 Å².